The molecule has 5 nitrogen and oxygen atoms in total. The van der Waals surface area contributed by atoms with Gasteiger partial charge in [-0.2, -0.15) is 0 Å². The van der Waals surface area contributed by atoms with Crippen molar-refractivity contribution in [2.45, 2.75) is 46.1 Å². The molecule has 0 aliphatic carbocycles. The number of amides is 1. The monoisotopic (exact) mass is 338 g/mol. The lowest BCUT2D eigenvalue weighted by Gasteiger charge is -2.24. The van der Waals surface area contributed by atoms with Crippen LogP contribution < -0.4 is 9.80 Å². The van der Waals surface area contributed by atoms with Gasteiger partial charge in [0.05, 0.1) is 12.4 Å². The maximum absolute atomic E-state index is 13.0. The minimum absolute atomic E-state index is 0.0750. The molecule has 1 unspecified atom stereocenters. The molecule has 1 aromatic heterocycles. The highest BCUT2D eigenvalue weighted by molar-refractivity contribution is 6.06. The van der Waals surface area contributed by atoms with E-state index in [1.54, 1.807) is 12.4 Å². The molecular formula is C20H26N4O. The Bertz CT molecular complexity index is 723. The zero-order chi connectivity index (χ0) is 17.8. The number of benzene rings is 1. The quantitative estimate of drug-likeness (QED) is 0.806. The average molecular weight is 338 g/mol. The summed E-state index contributed by atoms with van der Waals surface area (Å²) in [5.41, 5.74) is 2.61. The molecule has 0 radical (unpaired) electrons. The van der Waals surface area contributed by atoms with Gasteiger partial charge in [-0.3, -0.25) is 4.79 Å². The molecule has 2 aromatic rings. The van der Waals surface area contributed by atoms with Gasteiger partial charge in [-0.05, 0) is 37.8 Å². The second kappa shape index (κ2) is 7.64. The Balaban J connectivity index is 1.81. The Labute approximate surface area is 149 Å². The van der Waals surface area contributed by atoms with Crippen molar-refractivity contribution in [3.8, 4) is 0 Å². The van der Waals surface area contributed by atoms with Crippen molar-refractivity contribution >= 4 is 17.4 Å². The summed E-state index contributed by atoms with van der Waals surface area (Å²) in [7, 11) is 0. The summed E-state index contributed by atoms with van der Waals surface area (Å²) in [4.78, 5) is 25.9. The highest BCUT2D eigenvalue weighted by atomic mass is 16.2. The molecule has 1 amide bonds. The van der Waals surface area contributed by atoms with E-state index in [0.717, 1.165) is 43.9 Å². The van der Waals surface area contributed by atoms with Crippen LogP contribution in [0.3, 0.4) is 0 Å². The standard InChI is InChI=1S/C20H26N4O/c1-4-10-23(11-5-2)19-14-21-17(13-22-19)20(25)24-15(3)12-16-8-6-7-9-18(16)24/h6-9,13-15H,4-5,10-12H2,1-3H3. The van der Waals surface area contributed by atoms with Crippen molar-refractivity contribution in [3.63, 3.8) is 0 Å². The van der Waals surface area contributed by atoms with E-state index < -0.39 is 0 Å². The second-order valence-electron chi connectivity index (χ2n) is 6.60. The molecule has 0 spiro atoms. The van der Waals surface area contributed by atoms with E-state index in [4.69, 9.17) is 0 Å². The summed E-state index contributed by atoms with van der Waals surface area (Å²) in [5.74, 6) is 0.768. The van der Waals surface area contributed by atoms with Crippen molar-refractivity contribution in [1.29, 1.82) is 0 Å². The smallest absolute Gasteiger partial charge is 0.278 e. The van der Waals surface area contributed by atoms with E-state index in [9.17, 15) is 4.79 Å². The number of carbonyl (C=O) groups is 1. The number of anilines is 2. The Kier molecular flexibility index (Phi) is 5.31. The van der Waals surface area contributed by atoms with Crippen LogP contribution in [0.2, 0.25) is 0 Å². The molecule has 25 heavy (non-hydrogen) atoms. The van der Waals surface area contributed by atoms with E-state index in [-0.39, 0.29) is 11.9 Å². The van der Waals surface area contributed by atoms with Crippen LogP contribution >= 0.6 is 0 Å². The topological polar surface area (TPSA) is 49.3 Å². The van der Waals surface area contributed by atoms with Crippen molar-refractivity contribution in [3.05, 3.63) is 47.9 Å². The fourth-order valence-corrected chi connectivity index (χ4v) is 3.47. The summed E-state index contributed by atoms with van der Waals surface area (Å²) in [6.07, 6.45) is 6.35. The number of carbonyl (C=O) groups excluding carboxylic acids is 1. The third-order valence-corrected chi connectivity index (χ3v) is 4.59. The van der Waals surface area contributed by atoms with Gasteiger partial charge in [-0.15, -0.1) is 0 Å². The third kappa shape index (κ3) is 3.50. The fourth-order valence-electron chi connectivity index (χ4n) is 3.47. The van der Waals surface area contributed by atoms with E-state index in [0.29, 0.717) is 5.69 Å². The van der Waals surface area contributed by atoms with Gasteiger partial charge < -0.3 is 9.80 Å². The lowest BCUT2D eigenvalue weighted by atomic mass is 10.1. The Morgan fingerprint density at radius 1 is 1.16 bits per heavy atom. The minimum atomic E-state index is -0.0750. The van der Waals surface area contributed by atoms with Gasteiger partial charge in [-0.1, -0.05) is 32.0 Å². The van der Waals surface area contributed by atoms with Crippen LogP contribution in [0.15, 0.2) is 36.7 Å². The van der Waals surface area contributed by atoms with Gasteiger partial charge in [0.2, 0.25) is 0 Å². The number of rotatable bonds is 6. The summed E-state index contributed by atoms with van der Waals surface area (Å²) in [5, 5.41) is 0. The van der Waals surface area contributed by atoms with Crippen molar-refractivity contribution < 1.29 is 4.79 Å². The van der Waals surface area contributed by atoms with Crippen LogP contribution in [0.5, 0.6) is 0 Å². The highest BCUT2D eigenvalue weighted by Gasteiger charge is 2.32. The molecule has 3 rings (SSSR count). The van der Waals surface area contributed by atoms with E-state index in [2.05, 4.69) is 41.7 Å². The summed E-state index contributed by atoms with van der Waals surface area (Å²) in [6.45, 7) is 8.28. The molecule has 0 fully saturated rings. The zero-order valence-corrected chi connectivity index (χ0v) is 15.3. The van der Waals surface area contributed by atoms with Gasteiger partial charge in [0.15, 0.2) is 0 Å². The van der Waals surface area contributed by atoms with Crippen molar-refractivity contribution in [1.82, 2.24) is 9.97 Å². The lowest BCUT2D eigenvalue weighted by Crippen LogP contribution is -2.36. The van der Waals surface area contributed by atoms with Gasteiger partial charge in [0.25, 0.3) is 5.91 Å². The number of aromatic nitrogens is 2. The SMILES string of the molecule is CCCN(CCC)c1cnc(C(=O)N2c3ccccc3CC2C)cn1. The molecular weight excluding hydrogens is 312 g/mol. The predicted molar refractivity (Wildman–Crippen MR) is 101 cm³/mol. The summed E-state index contributed by atoms with van der Waals surface area (Å²) < 4.78 is 0. The zero-order valence-electron chi connectivity index (χ0n) is 15.3. The number of fused-ring (bicyclic) bond motifs is 1. The van der Waals surface area contributed by atoms with Gasteiger partial charge in [0, 0.05) is 24.8 Å². The van der Waals surface area contributed by atoms with Crippen LogP contribution in [0.25, 0.3) is 0 Å². The molecule has 2 heterocycles. The number of nitrogens with zero attached hydrogens (tertiary/aromatic N) is 4. The fraction of sp³-hybridized carbons (Fsp3) is 0.450. The highest BCUT2D eigenvalue weighted by Crippen LogP contribution is 2.32. The van der Waals surface area contributed by atoms with E-state index in [1.165, 1.54) is 5.56 Å². The predicted octanol–water partition coefficient (Wildman–Crippen LogP) is 3.69. The third-order valence-electron chi connectivity index (χ3n) is 4.59. The summed E-state index contributed by atoms with van der Waals surface area (Å²) >= 11 is 0. The molecule has 1 aliphatic rings. The number of hydrogen-bond donors (Lipinski definition) is 0. The first-order chi connectivity index (χ1) is 12.2. The number of hydrogen-bond acceptors (Lipinski definition) is 4. The van der Waals surface area contributed by atoms with Crippen molar-refractivity contribution in [2.24, 2.45) is 0 Å². The van der Waals surface area contributed by atoms with E-state index >= 15 is 0 Å². The molecule has 0 saturated heterocycles. The summed E-state index contributed by atoms with van der Waals surface area (Å²) in [6, 6.07) is 8.22. The maximum atomic E-state index is 13.0. The van der Waals surface area contributed by atoms with Crippen LogP contribution in [-0.2, 0) is 6.42 Å². The Morgan fingerprint density at radius 3 is 2.52 bits per heavy atom. The van der Waals surface area contributed by atoms with Crippen LogP contribution in [-0.4, -0.2) is 35.0 Å². The van der Waals surface area contributed by atoms with Gasteiger partial charge in [0.1, 0.15) is 11.5 Å². The Morgan fingerprint density at radius 2 is 1.88 bits per heavy atom. The molecule has 0 bridgehead atoms. The Hall–Kier alpha value is -2.43. The lowest BCUT2D eigenvalue weighted by molar-refractivity contribution is 0.0976. The first kappa shape index (κ1) is 17.4. The molecule has 5 heteroatoms. The molecule has 132 valence electrons. The van der Waals surface area contributed by atoms with Crippen molar-refractivity contribution in [2.75, 3.05) is 22.9 Å². The molecule has 1 atom stereocenters. The first-order valence-electron chi connectivity index (χ1n) is 9.14. The van der Waals surface area contributed by atoms with Crippen LogP contribution in [0.4, 0.5) is 11.5 Å². The van der Waals surface area contributed by atoms with Gasteiger partial charge in [-0.25, -0.2) is 9.97 Å². The van der Waals surface area contributed by atoms with Crippen LogP contribution in [0.1, 0.15) is 49.7 Å². The van der Waals surface area contributed by atoms with Gasteiger partial charge >= 0.3 is 0 Å². The number of para-hydroxylation sites is 1. The average Bonchev–Trinajstić information content (AvgIpc) is 2.97. The first-order valence-corrected chi connectivity index (χ1v) is 9.14. The molecule has 1 aromatic carbocycles. The minimum Gasteiger partial charge on any atom is -0.355 e. The van der Waals surface area contributed by atoms with Crippen LogP contribution in [0, 0.1) is 0 Å². The normalized spacial score (nSPS) is 16.0. The molecule has 0 saturated carbocycles. The van der Waals surface area contributed by atoms with E-state index in [1.807, 2.05) is 23.1 Å². The molecule has 1 aliphatic heterocycles. The largest absolute Gasteiger partial charge is 0.355 e. The molecule has 0 N–H and O–H groups in total. The maximum Gasteiger partial charge on any atom is 0.278 e. The second-order valence-corrected chi connectivity index (χ2v) is 6.60.